The van der Waals surface area contributed by atoms with Gasteiger partial charge in [-0.3, -0.25) is 0 Å². The summed E-state index contributed by atoms with van der Waals surface area (Å²) in [5.74, 6) is 1.45. The van der Waals surface area contributed by atoms with Crippen LogP contribution >= 0.6 is 23.2 Å². The summed E-state index contributed by atoms with van der Waals surface area (Å²) in [4.78, 5) is 8.84. The Labute approximate surface area is 132 Å². The Morgan fingerprint density at radius 3 is 2.62 bits per heavy atom. The Hall–Kier alpha value is -1.78. The number of hydrogen-bond acceptors (Lipinski definition) is 3. The van der Waals surface area contributed by atoms with E-state index in [1.54, 1.807) is 19.2 Å². The van der Waals surface area contributed by atoms with Crippen molar-refractivity contribution in [2.45, 2.75) is 6.92 Å². The topological polar surface area (TPSA) is 39.9 Å². The predicted molar refractivity (Wildman–Crippen MR) is 85.3 cm³/mol. The second-order valence-electron chi connectivity index (χ2n) is 4.77. The molecule has 6 heteroatoms. The summed E-state index contributed by atoms with van der Waals surface area (Å²) < 4.78 is 7.42. The van der Waals surface area contributed by atoms with Crippen molar-refractivity contribution in [3.05, 3.63) is 40.0 Å². The summed E-state index contributed by atoms with van der Waals surface area (Å²) >= 11 is 12.0. The van der Waals surface area contributed by atoms with Crippen molar-refractivity contribution in [1.82, 2.24) is 14.5 Å². The number of imidazole rings is 1. The van der Waals surface area contributed by atoms with Crippen LogP contribution in [-0.2, 0) is 7.05 Å². The van der Waals surface area contributed by atoms with Crippen LogP contribution in [0.1, 0.15) is 5.56 Å². The molecule has 0 spiro atoms. The largest absolute Gasteiger partial charge is 0.496 e. The molecule has 0 N–H and O–H groups in total. The first-order valence-corrected chi connectivity index (χ1v) is 7.10. The SMILES string of the molecule is COc1cc(Cl)cc(C)c1-c1nc2nc(Cl)ccc2n1C. The highest BCUT2D eigenvalue weighted by Gasteiger charge is 2.18. The van der Waals surface area contributed by atoms with E-state index in [0.29, 0.717) is 21.6 Å². The van der Waals surface area contributed by atoms with E-state index in [1.807, 2.05) is 30.7 Å². The minimum Gasteiger partial charge on any atom is -0.496 e. The fourth-order valence-corrected chi connectivity index (χ4v) is 2.84. The Bertz CT molecular complexity index is 843. The molecule has 4 nitrogen and oxygen atoms in total. The molecular formula is C15H13Cl2N3O. The molecule has 0 aliphatic heterocycles. The molecule has 3 rings (SSSR count). The normalized spacial score (nSPS) is 11.1. The van der Waals surface area contributed by atoms with Crippen molar-refractivity contribution in [2.24, 2.45) is 7.05 Å². The number of nitrogens with zero attached hydrogens (tertiary/aromatic N) is 3. The molecule has 0 aliphatic rings. The van der Waals surface area contributed by atoms with Crippen molar-refractivity contribution >= 4 is 34.4 Å². The Morgan fingerprint density at radius 2 is 1.90 bits per heavy atom. The van der Waals surface area contributed by atoms with Crippen LogP contribution in [0.5, 0.6) is 5.75 Å². The van der Waals surface area contributed by atoms with Crippen LogP contribution in [0.4, 0.5) is 0 Å². The zero-order valence-electron chi connectivity index (χ0n) is 11.8. The fourth-order valence-electron chi connectivity index (χ4n) is 2.43. The lowest BCUT2D eigenvalue weighted by molar-refractivity contribution is 0.415. The number of ether oxygens (including phenoxy) is 1. The lowest BCUT2D eigenvalue weighted by Crippen LogP contribution is -1.98. The van der Waals surface area contributed by atoms with Crippen LogP contribution in [0.3, 0.4) is 0 Å². The molecule has 0 fully saturated rings. The van der Waals surface area contributed by atoms with Gasteiger partial charge >= 0.3 is 0 Å². The molecule has 0 saturated heterocycles. The second-order valence-corrected chi connectivity index (χ2v) is 5.59. The van der Waals surface area contributed by atoms with Crippen LogP contribution in [-0.4, -0.2) is 21.6 Å². The maximum absolute atomic E-state index is 6.09. The van der Waals surface area contributed by atoms with E-state index in [2.05, 4.69) is 9.97 Å². The third-order valence-electron chi connectivity index (χ3n) is 3.42. The van der Waals surface area contributed by atoms with Crippen molar-refractivity contribution in [1.29, 1.82) is 0 Å². The number of fused-ring (bicyclic) bond motifs is 1. The van der Waals surface area contributed by atoms with Gasteiger partial charge in [0.25, 0.3) is 0 Å². The van der Waals surface area contributed by atoms with Crippen LogP contribution in [0.15, 0.2) is 24.3 Å². The predicted octanol–water partition coefficient (Wildman–Crippen LogP) is 4.26. The second kappa shape index (κ2) is 5.20. The average molecular weight is 322 g/mol. The van der Waals surface area contributed by atoms with Gasteiger partial charge in [0.05, 0.1) is 18.2 Å². The van der Waals surface area contributed by atoms with E-state index in [0.717, 1.165) is 22.5 Å². The molecule has 0 aliphatic carbocycles. The van der Waals surface area contributed by atoms with Crippen molar-refractivity contribution in [3.63, 3.8) is 0 Å². The van der Waals surface area contributed by atoms with Gasteiger partial charge in [-0.2, -0.15) is 0 Å². The van der Waals surface area contributed by atoms with E-state index in [9.17, 15) is 0 Å². The number of benzene rings is 1. The number of methoxy groups -OCH3 is 1. The maximum Gasteiger partial charge on any atom is 0.179 e. The quantitative estimate of drug-likeness (QED) is 0.662. The van der Waals surface area contributed by atoms with Crippen molar-refractivity contribution in [3.8, 4) is 17.1 Å². The van der Waals surface area contributed by atoms with Crippen molar-refractivity contribution in [2.75, 3.05) is 7.11 Å². The number of aryl methyl sites for hydroxylation is 2. The monoisotopic (exact) mass is 321 g/mol. The summed E-state index contributed by atoms with van der Waals surface area (Å²) in [5.41, 5.74) is 3.41. The van der Waals surface area contributed by atoms with Gasteiger partial charge in [0.15, 0.2) is 5.65 Å². The molecule has 0 radical (unpaired) electrons. The lowest BCUT2D eigenvalue weighted by atomic mass is 10.1. The molecule has 0 amide bonds. The Kier molecular flexibility index (Phi) is 3.51. The maximum atomic E-state index is 6.09. The first-order valence-electron chi connectivity index (χ1n) is 6.34. The molecule has 3 aromatic rings. The number of rotatable bonds is 2. The third-order valence-corrected chi connectivity index (χ3v) is 3.85. The minimum absolute atomic E-state index is 0.423. The summed E-state index contributed by atoms with van der Waals surface area (Å²) in [5, 5.41) is 1.06. The smallest absolute Gasteiger partial charge is 0.179 e. The van der Waals surface area contributed by atoms with E-state index < -0.39 is 0 Å². The summed E-state index contributed by atoms with van der Waals surface area (Å²) in [7, 11) is 3.56. The number of aromatic nitrogens is 3. The van der Waals surface area contributed by atoms with Gasteiger partial charge in [-0.15, -0.1) is 0 Å². The molecular weight excluding hydrogens is 309 g/mol. The lowest BCUT2D eigenvalue weighted by Gasteiger charge is -2.12. The van der Waals surface area contributed by atoms with Gasteiger partial charge in [-0.1, -0.05) is 23.2 Å². The highest BCUT2D eigenvalue weighted by molar-refractivity contribution is 6.31. The third kappa shape index (κ3) is 2.34. The summed E-state index contributed by atoms with van der Waals surface area (Å²) in [6.45, 7) is 1.98. The Balaban J connectivity index is 2.33. The van der Waals surface area contributed by atoms with Crippen molar-refractivity contribution < 1.29 is 4.74 Å². The van der Waals surface area contributed by atoms with Crippen LogP contribution in [0.25, 0.3) is 22.6 Å². The molecule has 108 valence electrons. The molecule has 21 heavy (non-hydrogen) atoms. The first-order chi connectivity index (χ1) is 10.0. The minimum atomic E-state index is 0.423. The van der Waals surface area contributed by atoms with Crippen LogP contribution in [0.2, 0.25) is 10.2 Å². The molecule has 1 aromatic carbocycles. The van der Waals surface area contributed by atoms with Gasteiger partial charge in [-0.05, 0) is 36.8 Å². The van der Waals surface area contributed by atoms with Crippen LogP contribution < -0.4 is 4.74 Å². The van der Waals surface area contributed by atoms with Gasteiger partial charge < -0.3 is 9.30 Å². The average Bonchev–Trinajstić information content (AvgIpc) is 2.74. The van der Waals surface area contributed by atoms with Gasteiger partial charge in [0, 0.05) is 12.1 Å². The molecule has 0 unspecified atom stereocenters. The highest BCUT2D eigenvalue weighted by Crippen LogP contribution is 2.36. The highest BCUT2D eigenvalue weighted by atomic mass is 35.5. The fraction of sp³-hybridized carbons (Fsp3) is 0.200. The molecule has 0 atom stereocenters. The van der Waals surface area contributed by atoms with Gasteiger partial charge in [0.1, 0.15) is 16.7 Å². The molecule has 2 aromatic heterocycles. The molecule has 2 heterocycles. The standard InChI is InChI=1S/C15H13Cl2N3O/c1-8-6-9(16)7-11(21-3)13(8)15-19-14-10(20(15)2)4-5-12(17)18-14/h4-7H,1-3H3. The Morgan fingerprint density at radius 1 is 1.14 bits per heavy atom. The molecule has 0 bridgehead atoms. The van der Waals surface area contributed by atoms with E-state index in [1.165, 1.54) is 0 Å². The zero-order valence-corrected chi connectivity index (χ0v) is 13.3. The van der Waals surface area contributed by atoms with Gasteiger partial charge in [0.2, 0.25) is 0 Å². The summed E-state index contributed by atoms with van der Waals surface area (Å²) in [6.07, 6.45) is 0. The van der Waals surface area contributed by atoms with E-state index in [4.69, 9.17) is 27.9 Å². The number of halogens is 2. The number of hydrogen-bond donors (Lipinski definition) is 0. The van der Waals surface area contributed by atoms with E-state index >= 15 is 0 Å². The molecule has 0 saturated carbocycles. The van der Waals surface area contributed by atoms with Gasteiger partial charge in [-0.25, -0.2) is 9.97 Å². The summed E-state index contributed by atoms with van der Waals surface area (Å²) in [6, 6.07) is 7.32. The zero-order chi connectivity index (χ0) is 15.1. The first kappa shape index (κ1) is 14.2. The van der Waals surface area contributed by atoms with E-state index in [-0.39, 0.29) is 0 Å². The number of pyridine rings is 1. The van der Waals surface area contributed by atoms with Crippen LogP contribution in [0, 0.1) is 6.92 Å².